The van der Waals surface area contributed by atoms with Crippen LogP contribution in [0.5, 0.6) is 0 Å². The molecule has 0 fully saturated rings. The highest BCUT2D eigenvalue weighted by Crippen LogP contribution is 2.23. The lowest BCUT2D eigenvalue weighted by Crippen LogP contribution is -2.11. The predicted molar refractivity (Wildman–Crippen MR) is 72.5 cm³/mol. The van der Waals surface area contributed by atoms with E-state index in [1.54, 1.807) is 13.3 Å². The second-order valence-corrected chi connectivity index (χ2v) is 4.53. The fourth-order valence-electron chi connectivity index (χ4n) is 2.21. The molecule has 1 aromatic carbocycles. The molecule has 96 valence electrons. The molecule has 0 N–H and O–H groups in total. The zero-order valence-electron chi connectivity index (χ0n) is 11.3. The molecule has 0 spiro atoms. The van der Waals surface area contributed by atoms with Gasteiger partial charge in [-0.1, -0.05) is 25.1 Å². The van der Waals surface area contributed by atoms with Crippen molar-refractivity contribution in [3.8, 4) is 0 Å². The molecule has 3 heteroatoms. The van der Waals surface area contributed by atoms with Gasteiger partial charge in [0.25, 0.3) is 0 Å². The molecule has 0 saturated heterocycles. The van der Waals surface area contributed by atoms with Crippen LogP contribution < -0.4 is 0 Å². The molecule has 0 radical (unpaired) electrons. The van der Waals surface area contributed by atoms with E-state index in [0.29, 0.717) is 0 Å². The Hall–Kier alpha value is -1.61. The highest BCUT2D eigenvalue weighted by molar-refractivity contribution is 5.32. The van der Waals surface area contributed by atoms with Crippen LogP contribution in [0.25, 0.3) is 0 Å². The Balaban J connectivity index is 2.22. The molecule has 0 aliphatic carbocycles. The maximum atomic E-state index is 5.62. The van der Waals surface area contributed by atoms with Crippen LogP contribution in [0.2, 0.25) is 0 Å². The Morgan fingerprint density at radius 2 is 2.22 bits per heavy atom. The van der Waals surface area contributed by atoms with Crippen LogP contribution in [0.15, 0.2) is 36.9 Å². The fourth-order valence-corrected chi connectivity index (χ4v) is 2.21. The van der Waals surface area contributed by atoms with E-state index < -0.39 is 0 Å². The first-order valence-electron chi connectivity index (χ1n) is 6.32. The topological polar surface area (TPSA) is 27.1 Å². The standard InChI is InChI=1S/C15H20N2O/c1-4-13-5-6-14(12(2)9-13)15(18-3)10-17-8-7-16-11-17/h5-9,11,15H,4,10H2,1-3H3. The van der Waals surface area contributed by atoms with Crippen LogP contribution in [-0.2, 0) is 17.7 Å². The van der Waals surface area contributed by atoms with Crippen LogP contribution >= 0.6 is 0 Å². The maximum absolute atomic E-state index is 5.62. The largest absolute Gasteiger partial charge is 0.375 e. The van der Waals surface area contributed by atoms with Crippen LogP contribution in [-0.4, -0.2) is 16.7 Å². The highest BCUT2D eigenvalue weighted by Gasteiger charge is 2.13. The molecule has 0 aliphatic heterocycles. The van der Waals surface area contributed by atoms with Crippen molar-refractivity contribution >= 4 is 0 Å². The summed E-state index contributed by atoms with van der Waals surface area (Å²) >= 11 is 0. The van der Waals surface area contributed by atoms with Gasteiger partial charge in [-0.05, 0) is 30.0 Å². The van der Waals surface area contributed by atoms with Gasteiger partial charge >= 0.3 is 0 Å². The molecular formula is C15H20N2O. The van der Waals surface area contributed by atoms with E-state index >= 15 is 0 Å². The first-order valence-corrected chi connectivity index (χ1v) is 6.32. The van der Waals surface area contributed by atoms with Gasteiger partial charge in [0.1, 0.15) is 6.10 Å². The molecule has 0 bridgehead atoms. The second kappa shape index (κ2) is 5.83. The van der Waals surface area contributed by atoms with E-state index in [2.05, 4.69) is 37.0 Å². The number of rotatable bonds is 5. The maximum Gasteiger partial charge on any atom is 0.100 e. The minimum atomic E-state index is 0.0742. The van der Waals surface area contributed by atoms with Crippen molar-refractivity contribution in [3.63, 3.8) is 0 Å². The number of imidazole rings is 1. The summed E-state index contributed by atoms with van der Waals surface area (Å²) in [5.74, 6) is 0. The Kier molecular flexibility index (Phi) is 4.15. The average molecular weight is 244 g/mol. The Bertz CT molecular complexity index is 491. The summed E-state index contributed by atoms with van der Waals surface area (Å²) in [5.41, 5.74) is 3.92. The van der Waals surface area contributed by atoms with Crippen LogP contribution in [0, 0.1) is 6.92 Å². The monoisotopic (exact) mass is 244 g/mol. The number of methoxy groups -OCH3 is 1. The third kappa shape index (κ3) is 2.79. The smallest absolute Gasteiger partial charge is 0.100 e. The van der Waals surface area contributed by atoms with E-state index in [1.807, 2.05) is 17.1 Å². The third-order valence-electron chi connectivity index (χ3n) is 3.31. The van der Waals surface area contributed by atoms with Crippen molar-refractivity contribution in [3.05, 3.63) is 53.6 Å². The molecule has 1 heterocycles. The van der Waals surface area contributed by atoms with Gasteiger partial charge in [-0.25, -0.2) is 4.98 Å². The highest BCUT2D eigenvalue weighted by atomic mass is 16.5. The van der Waals surface area contributed by atoms with Gasteiger partial charge in [0.05, 0.1) is 12.9 Å². The summed E-state index contributed by atoms with van der Waals surface area (Å²) in [7, 11) is 1.76. The summed E-state index contributed by atoms with van der Waals surface area (Å²) in [6.07, 6.45) is 6.72. The van der Waals surface area contributed by atoms with Gasteiger partial charge in [0.15, 0.2) is 0 Å². The molecule has 0 amide bonds. The van der Waals surface area contributed by atoms with Crippen molar-refractivity contribution < 1.29 is 4.74 Å². The predicted octanol–water partition coefficient (Wildman–Crippen LogP) is 3.14. The Labute approximate surface area is 108 Å². The number of nitrogens with zero attached hydrogens (tertiary/aromatic N) is 2. The molecule has 1 aromatic heterocycles. The van der Waals surface area contributed by atoms with Gasteiger partial charge in [-0.3, -0.25) is 0 Å². The lowest BCUT2D eigenvalue weighted by Gasteiger charge is -2.19. The normalized spacial score (nSPS) is 12.6. The van der Waals surface area contributed by atoms with Crippen molar-refractivity contribution in [1.82, 2.24) is 9.55 Å². The quantitative estimate of drug-likeness (QED) is 0.808. The zero-order chi connectivity index (χ0) is 13.0. The van der Waals surface area contributed by atoms with Gasteiger partial charge < -0.3 is 9.30 Å². The second-order valence-electron chi connectivity index (χ2n) is 4.53. The summed E-state index contributed by atoms with van der Waals surface area (Å²) in [6, 6.07) is 6.61. The van der Waals surface area contributed by atoms with Gasteiger partial charge in [-0.2, -0.15) is 0 Å². The fraction of sp³-hybridized carbons (Fsp3) is 0.400. The summed E-state index contributed by atoms with van der Waals surface area (Å²) in [4.78, 5) is 4.06. The van der Waals surface area contributed by atoms with E-state index in [9.17, 15) is 0 Å². The number of benzene rings is 1. The van der Waals surface area contributed by atoms with Gasteiger partial charge in [-0.15, -0.1) is 0 Å². The van der Waals surface area contributed by atoms with Crippen molar-refractivity contribution in [2.45, 2.75) is 32.9 Å². The first-order chi connectivity index (χ1) is 8.74. The SMILES string of the molecule is CCc1ccc(C(Cn2ccnc2)OC)c(C)c1. The Morgan fingerprint density at radius 1 is 1.39 bits per heavy atom. The number of hydrogen-bond acceptors (Lipinski definition) is 2. The summed E-state index contributed by atoms with van der Waals surface area (Å²) in [5, 5.41) is 0. The van der Waals surface area contributed by atoms with Gasteiger partial charge in [0.2, 0.25) is 0 Å². The van der Waals surface area contributed by atoms with Crippen LogP contribution in [0.1, 0.15) is 29.7 Å². The minimum absolute atomic E-state index is 0.0742. The first kappa shape index (κ1) is 12.8. The minimum Gasteiger partial charge on any atom is -0.375 e. The van der Waals surface area contributed by atoms with Crippen molar-refractivity contribution in [2.75, 3.05) is 7.11 Å². The molecule has 0 saturated carbocycles. The van der Waals surface area contributed by atoms with E-state index in [0.717, 1.165) is 13.0 Å². The lowest BCUT2D eigenvalue weighted by molar-refractivity contribution is 0.0873. The molecule has 2 aromatic rings. The number of hydrogen-bond donors (Lipinski definition) is 0. The molecular weight excluding hydrogens is 224 g/mol. The van der Waals surface area contributed by atoms with Crippen molar-refractivity contribution in [2.24, 2.45) is 0 Å². The van der Waals surface area contributed by atoms with Crippen molar-refractivity contribution in [1.29, 1.82) is 0 Å². The average Bonchev–Trinajstić information content (AvgIpc) is 2.89. The summed E-state index contributed by atoms with van der Waals surface area (Å²) < 4.78 is 7.66. The molecule has 18 heavy (non-hydrogen) atoms. The van der Waals surface area contributed by atoms with E-state index in [4.69, 9.17) is 4.74 Å². The number of aromatic nitrogens is 2. The Morgan fingerprint density at radius 3 is 2.78 bits per heavy atom. The van der Waals surface area contributed by atoms with Crippen LogP contribution in [0.4, 0.5) is 0 Å². The van der Waals surface area contributed by atoms with E-state index in [-0.39, 0.29) is 6.10 Å². The lowest BCUT2D eigenvalue weighted by atomic mass is 9.99. The zero-order valence-corrected chi connectivity index (χ0v) is 11.3. The number of aryl methyl sites for hydroxylation is 2. The molecule has 2 rings (SSSR count). The molecule has 1 atom stereocenters. The molecule has 0 aliphatic rings. The molecule has 1 unspecified atom stereocenters. The van der Waals surface area contributed by atoms with E-state index in [1.165, 1.54) is 16.7 Å². The van der Waals surface area contributed by atoms with Gasteiger partial charge in [0, 0.05) is 19.5 Å². The third-order valence-corrected chi connectivity index (χ3v) is 3.31. The van der Waals surface area contributed by atoms with Crippen LogP contribution in [0.3, 0.4) is 0 Å². The number of ether oxygens (including phenoxy) is 1. The molecule has 3 nitrogen and oxygen atoms in total. The summed E-state index contributed by atoms with van der Waals surface area (Å²) in [6.45, 7) is 5.12.